The minimum atomic E-state index is 0.248. The van der Waals surface area contributed by atoms with Crippen molar-refractivity contribution >= 4 is 5.91 Å². The number of likely N-dealkylation sites (tertiary alicyclic amines) is 1. The van der Waals surface area contributed by atoms with Gasteiger partial charge >= 0.3 is 0 Å². The van der Waals surface area contributed by atoms with E-state index in [1.807, 2.05) is 4.90 Å². The summed E-state index contributed by atoms with van der Waals surface area (Å²) in [5.41, 5.74) is 2.54. The molecule has 0 aromatic heterocycles. The predicted octanol–water partition coefficient (Wildman–Crippen LogP) is 2.27. The molecule has 3 heteroatoms. The lowest BCUT2D eigenvalue weighted by atomic mass is 10.0. The van der Waals surface area contributed by atoms with Gasteiger partial charge in [0.15, 0.2) is 0 Å². The number of rotatable bonds is 5. The van der Waals surface area contributed by atoms with Crippen LogP contribution in [0.4, 0.5) is 0 Å². The largest absolute Gasteiger partial charge is 0.341 e. The second-order valence-corrected chi connectivity index (χ2v) is 4.96. The van der Waals surface area contributed by atoms with Gasteiger partial charge in [0.05, 0.1) is 0 Å². The highest BCUT2D eigenvalue weighted by Crippen LogP contribution is 2.18. The number of hydrogen-bond acceptors (Lipinski definition) is 2. The van der Waals surface area contributed by atoms with Crippen LogP contribution in [-0.2, 0) is 4.79 Å². The molecule has 2 rings (SSSR count). The molecule has 0 bridgehead atoms. The Labute approximate surface area is 109 Å². The summed E-state index contributed by atoms with van der Waals surface area (Å²) < 4.78 is 0. The summed E-state index contributed by atoms with van der Waals surface area (Å²) in [4.78, 5) is 13.7. The van der Waals surface area contributed by atoms with E-state index in [4.69, 9.17) is 0 Å². The lowest BCUT2D eigenvalue weighted by Gasteiger charge is -2.25. The normalized spacial score (nSPS) is 17.2. The molecule has 1 aliphatic rings. The molecule has 1 heterocycles. The summed E-state index contributed by atoms with van der Waals surface area (Å²) in [6, 6.07) is 8.82. The first kappa shape index (κ1) is 13.1. The van der Waals surface area contributed by atoms with E-state index < -0.39 is 0 Å². The van der Waals surface area contributed by atoms with E-state index in [1.54, 1.807) is 0 Å². The fraction of sp³-hybridized carbons (Fsp3) is 0.533. The van der Waals surface area contributed by atoms with Crippen LogP contribution in [0.25, 0.3) is 0 Å². The molecular formula is C15H22N2O. The summed E-state index contributed by atoms with van der Waals surface area (Å²) in [6.45, 7) is 6.81. The van der Waals surface area contributed by atoms with Crippen LogP contribution in [0.2, 0.25) is 0 Å². The van der Waals surface area contributed by atoms with Crippen molar-refractivity contribution in [3.8, 4) is 0 Å². The smallest absolute Gasteiger partial charge is 0.222 e. The monoisotopic (exact) mass is 246 g/mol. The van der Waals surface area contributed by atoms with Gasteiger partial charge in [-0.3, -0.25) is 4.79 Å². The highest BCUT2D eigenvalue weighted by atomic mass is 16.2. The van der Waals surface area contributed by atoms with Gasteiger partial charge in [-0.05, 0) is 25.5 Å². The van der Waals surface area contributed by atoms with Gasteiger partial charge in [0.1, 0.15) is 0 Å². The minimum Gasteiger partial charge on any atom is -0.341 e. The number of amides is 1. The van der Waals surface area contributed by atoms with Crippen molar-refractivity contribution in [3.63, 3.8) is 0 Å². The Morgan fingerprint density at radius 2 is 2.06 bits per heavy atom. The molecule has 98 valence electrons. The summed E-state index contributed by atoms with van der Waals surface area (Å²) in [6.07, 6.45) is 1.72. The van der Waals surface area contributed by atoms with Crippen LogP contribution in [0, 0.1) is 6.92 Å². The summed E-state index contributed by atoms with van der Waals surface area (Å²) in [5.74, 6) is 0.296. The maximum absolute atomic E-state index is 11.7. The van der Waals surface area contributed by atoms with Gasteiger partial charge in [-0.2, -0.15) is 0 Å². The number of likely N-dealkylation sites (N-methyl/N-ethyl adjacent to an activating group) is 1. The van der Waals surface area contributed by atoms with Crippen LogP contribution < -0.4 is 5.32 Å². The summed E-state index contributed by atoms with van der Waals surface area (Å²) >= 11 is 0. The first-order chi connectivity index (χ1) is 8.70. The molecule has 1 aromatic carbocycles. The maximum atomic E-state index is 11.7. The lowest BCUT2D eigenvalue weighted by molar-refractivity contribution is -0.128. The van der Waals surface area contributed by atoms with Crippen molar-refractivity contribution in [2.45, 2.75) is 32.7 Å². The highest BCUT2D eigenvalue weighted by Gasteiger charge is 2.23. The third-order valence-electron chi connectivity index (χ3n) is 3.50. The molecule has 1 saturated heterocycles. The molecular weight excluding hydrogens is 224 g/mol. The van der Waals surface area contributed by atoms with Crippen LogP contribution in [-0.4, -0.2) is 30.4 Å². The van der Waals surface area contributed by atoms with E-state index in [9.17, 15) is 4.79 Å². The van der Waals surface area contributed by atoms with Gasteiger partial charge in [0.25, 0.3) is 0 Å². The Bertz CT molecular complexity index is 399. The molecule has 1 atom stereocenters. The van der Waals surface area contributed by atoms with Crippen LogP contribution in [0.15, 0.2) is 24.3 Å². The molecule has 1 unspecified atom stereocenters. The molecule has 1 N–H and O–H groups in total. The van der Waals surface area contributed by atoms with Gasteiger partial charge in [0.2, 0.25) is 5.91 Å². The van der Waals surface area contributed by atoms with Crippen molar-refractivity contribution in [2.75, 3.05) is 19.6 Å². The Hall–Kier alpha value is -1.35. The average molecular weight is 246 g/mol. The molecule has 1 aliphatic heterocycles. The Kier molecular flexibility index (Phi) is 4.37. The number of nitrogens with zero attached hydrogens (tertiary/aromatic N) is 1. The van der Waals surface area contributed by atoms with Crippen LogP contribution >= 0.6 is 0 Å². The Morgan fingerprint density at radius 1 is 1.33 bits per heavy atom. The van der Waals surface area contributed by atoms with Crippen LogP contribution in [0.5, 0.6) is 0 Å². The molecule has 1 amide bonds. The number of aryl methyl sites for hydroxylation is 1. The van der Waals surface area contributed by atoms with Crippen molar-refractivity contribution in [2.24, 2.45) is 0 Å². The van der Waals surface area contributed by atoms with E-state index in [1.165, 1.54) is 11.1 Å². The van der Waals surface area contributed by atoms with Crippen molar-refractivity contribution in [3.05, 3.63) is 35.4 Å². The Balaban J connectivity index is 2.07. The number of carbonyl (C=O) groups is 1. The first-order valence-corrected chi connectivity index (χ1v) is 6.78. The molecule has 3 nitrogen and oxygen atoms in total. The van der Waals surface area contributed by atoms with Crippen molar-refractivity contribution < 1.29 is 4.79 Å². The fourth-order valence-corrected chi connectivity index (χ4v) is 2.45. The molecule has 0 aliphatic carbocycles. The van der Waals surface area contributed by atoms with E-state index in [2.05, 4.69) is 43.4 Å². The van der Waals surface area contributed by atoms with Crippen LogP contribution in [0.1, 0.15) is 36.9 Å². The standard InChI is InChI=1S/C15H22N2O/c1-3-16-14(11-17-10-4-5-15(17)18)13-8-6-12(2)7-9-13/h6-9,14,16H,3-5,10-11H2,1-2H3. The quantitative estimate of drug-likeness (QED) is 0.864. The van der Waals surface area contributed by atoms with Crippen LogP contribution in [0.3, 0.4) is 0 Å². The summed E-state index contributed by atoms with van der Waals surface area (Å²) in [5, 5.41) is 3.47. The zero-order chi connectivity index (χ0) is 13.0. The van der Waals surface area contributed by atoms with Gasteiger partial charge in [-0.15, -0.1) is 0 Å². The number of hydrogen-bond donors (Lipinski definition) is 1. The highest BCUT2D eigenvalue weighted by molar-refractivity contribution is 5.78. The van der Waals surface area contributed by atoms with Gasteiger partial charge < -0.3 is 10.2 Å². The number of nitrogens with one attached hydrogen (secondary N) is 1. The average Bonchev–Trinajstić information content (AvgIpc) is 2.76. The minimum absolute atomic E-state index is 0.248. The SMILES string of the molecule is CCNC(CN1CCCC1=O)c1ccc(C)cc1. The molecule has 0 radical (unpaired) electrons. The summed E-state index contributed by atoms with van der Waals surface area (Å²) in [7, 11) is 0. The topological polar surface area (TPSA) is 32.3 Å². The van der Waals surface area contributed by atoms with Gasteiger partial charge in [-0.1, -0.05) is 36.8 Å². The van der Waals surface area contributed by atoms with Crippen molar-refractivity contribution in [1.82, 2.24) is 10.2 Å². The van der Waals surface area contributed by atoms with E-state index in [0.717, 1.165) is 26.1 Å². The fourth-order valence-electron chi connectivity index (χ4n) is 2.45. The van der Waals surface area contributed by atoms with E-state index >= 15 is 0 Å². The zero-order valence-electron chi connectivity index (χ0n) is 11.3. The molecule has 0 spiro atoms. The van der Waals surface area contributed by atoms with Crippen molar-refractivity contribution in [1.29, 1.82) is 0 Å². The second kappa shape index (κ2) is 6.01. The third kappa shape index (κ3) is 3.10. The molecule has 18 heavy (non-hydrogen) atoms. The Morgan fingerprint density at radius 3 is 2.61 bits per heavy atom. The van der Waals surface area contributed by atoms with E-state index in [-0.39, 0.29) is 6.04 Å². The van der Waals surface area contributed by atoms with Gasteiger partial charge in [0, 0.05) is 25.6 Å². The maximum Gasteiger partial charge on any atom is 0.222 e. The third-order valence-corrected chi connectivity index (χ3v) is 3.50. The van der Waals surface area contributed by atoms with E-state index in [0.29, 0.717) is 12.3 Å². The first-order valence-electron chi connectivity index (χ1n) is 6.78. The van der Waals surface area contributed by atoms with Gasteiger partial charge in [-0.25, -0.2) is 0 Å². The molecule has 0 saturated carbocycles. The lowest BCUT2D eigenvalue weighted by Crippen LogP contribution is -2.35. The zero-order valence-corrected chi connectivity index (χ0v) is 11.3. The molecule has 1 aromatic rings. The predicted molar refractivity (Wildman–Crippen MR) is 73.4 cm³/mol. The molecule has 1 fully saturated rings. The number of benzene rings is 1. The number of carbonyl (C=O) groups excluding carboxylic acids is 1. The second-order valence-electron chi connectivity index (χ2n) is 4.96.